The number of ketones is 1. The molecule has 3 aromatic carbocycles. The Kier molecular flexibility index (Phi) is 13.3. The van der Waals surface area contributed by atoms with Gasteiger partial charge < -0.3 is 20.5 Å². The number of nitrogens with one attached hydrogen (secondary N) is 2. The van der Waals surface area contributed by atoms with Crippen molar-refractivity contribution in [1.29, 1.82) is 0 Å². The number of hydrogen-bond acceptors (Lipinski definition) is 6. The first-order chi connectivity index (χ1) is 25.3. The summed E-state index contributed by atoms with van der Waals surface area (Å²) in [6.45, 7) is 18.6. The normalized spacial score (nSPS) is 12.6. The fraction of sp³-hybridized carbons (Fsp3) is 0.442. The Hall–Kier alpha value is -4.83. The van der Waals surface area contributed by atoms with Gasteiger partial charge in [0.05, 0.1) is 30.1 Å². The van der Waals surface area contributed by atoms with Crippen LogP contribution in [0.3, 0.4) is 0 Å². The lowest BCUT2D eigenvalue weighted by molar-refractivity contribution is -0.135. The molecule has 3 N–H and O–H groups in total. The molecule has 1 unspecified atom stereocenters. The molecule has 0 saturated carbocycles. The van der Waals surface area contributed by atoms with E-state index < -0.39 is 34.7 Å². The van der Waals surface area contributed by atoms with Crippen LogP contribution in [0, 0.1) is 5.41 Å². The third-order valence-corrected chi connectivity index (χ3v) is 10.6. The SMILES string of the molecule is CCC(C)(C)c1ccc(OCCCC(=O)Nc2ccc(Cl)c(NC(=O)C(C(=O)C(C)(C)C)n3c(O)cn(Cc4ccccc4)c3=O)c2)c(C(C)(C)CC)c1. The molecule has 2 amide bonds. The topological polar surface area (TPSA) is 132 Å². The van der Waals surface area contributed by atoms with Crippen LogP contribution in [0.5, 0.6) is 11.6 Å². The Morgan fingerprint density at radius 3 is 2.17 bits per heavy atom. The van der Waals surface area contributed by atoms with E-state index in [9.17, 15) is 24.3 Å². The monoisotopic (exact) mass is 758 g/mol. The molecule has 4 aromatic rings. The average Bonchev–Trinajstić information content (AvgIpc) is 3.39. The van der Waals surface area contributed by atoms with E-state index in [1.807, 2.05) is 36.4 Å². The Bertz CT molecular complexity index is 2020. The molecule has 290 valence electrons. The third kappa shape index (κ3) is 10.0. The highest BCUT2D eigenvalue weighted by Gasteiger charge is 2.39. The minimum Gasteiger partial charge on any atom is -0.493 e. The van der Waals surface area contributed by atoms with Gasteiger partial charge in [-0.3, -0.25) is 19.0 Å². The molecule has 4 rings (SSSR count). The number of amides is 2. The van der Waals surface area contributed by atoms with Gasteiger partial charge in [0.15, 0.2) is 11.8 Å². The van der Waals surface area contributed by atoms with Gasteiger partial charge in [0, 0.05) is 23.1 Å². The van der Waals surface area contributed by atoms with Crippen molar-refractivity contribution in [1.82, 2.24) is 9.13 Å². The Morgan fingerprint density at radius 2 is 1.54 bits per heavy atom. The summed E-state index contributed by atoms with van der Waals surface area (Å²) in [6.07, 6.45) is 3.82. The van der Waals surface area contributed by atoms with Gasteiger partial charge in [-0.1, -0.05) is 116 Å². The van der Waals surface area contributed by atoms with Crippen molar-refractivity contribution in [3.8, 4) is 11.6 Å². The maximum atomic E-state index is 13.9. The van der Waals surface area contributed by atoms with E-state index in [0.717, 1.165) is 34.3 Å². The largest absolute Gasteiger partial charge is 0.493 e. The van der Waals surface area contributed by atoms with Crippen molar-refractivity contribution >= 4 is 40.6 Å². The van der Waals surface area contributed by atoms with Crippen LogP contribution < -0.4 is 21.1 Å². The zero-order valence-corrected chi connectivity index (χ0v) is 33.8. The van der Waals surface area contributed by atoms with E-state index >= 15 is 0 Å². The lowest BCUT2D eigenvalue weighted by Gasteiger charge is -2.30. The van der Waals surface area contributed by atoms with Crippen LogP contribution in [0.1, 0.15) is 111 Å². The molecule has 54 heavy (non-hydrogen) atoms. The lowest BCUT2D eigenvalue weighted by atomic mass is 9.76. The molecule has 0 fully saturated rings. The molecule has 0 aliphatic rings. The summed E-state index contributed by atoms with van der Waals surface area (Å²) in [5, 5.41) is 16.5. The first-order valence-electron chi connectivity index (χ1n) is 18.6. The highest BCUT2D eigenvalue weighted by molar-refractivity contribution is 6.34. The van der Waals surface area contributed by atoms with Crippen molar-refractivity contribution in [2.24, 2.45) is 5.41 Å². The Labute approximate surface area is 323 Å². The molecule has 0 radical (unpaired) electrons. The predicted octanol–water partition coefficient (Wildman–Crippen LogP) is 9.03. The maximum Gasteiger partial charge on any atom is 0.332 e. The summed E-state index contributed by atoms with van der Waals surface area (Å²) in [4.78, 5) is 54.1. The Morgan fingerprint density at radius 1 is 0.870 bits per heavy atom. The molecule has 1 atom stereocenters. The fourth-order valence-corrected chi connectivity index (χ4v) is 6.10. The second-order valence-corrected chi connectivity index (χ2v) is 16.5. The number of carbonyl (C=O) groups excluding carboxylic acids is 3. The molecule has 0 bridgehead atoms. The van der Waals surface area contributed by atoms with Crippen molar-refractivity contribution < 1.29 is 24.2 Å². The van der Waals surface area contributed by atoms with Gasteiger partial charge in [-0.2, -0.15) is 0 Å². The standard InChI is InChI=1S/C43H55ClN4O6/c1-10-42(6,7)29-19-22-34(31(24-29)43(8,9)11-2)54-23-15-18-35(49)45-30-20-21-32(44)33(25-30)46-39(52)37(38(51)41(3,4)5)48-36(50)27-47(40(48)53)26-28-16-13-12-14-17-28/h12-14,16-17,19-22,24-25,27,37,50H,10-11,15,18,23,26H2,1-9H3,(H,45,49)(H,46,52). The molecule has 11 heteroatoms. The number of Topliss-reactive ketones (excluding diaryl/α,β-unsaturated/α-hetero) is 1. The summed E-state index contributed by atoms with van der Waals surface area (Å²) in [5.74, 6) is -1.44. The molecule has 0 spiro atoms. The van der Waals surface area contributed by atoms with Gasteiger partial charge >= 0.3 is 5.69 Å². The highest BCUT2D eigenvalue weighted by Crippen LogP contribution is 2.38. The van der Waals surface area contributed by atoms with E-state index in [1.54, 1.807) is 26.8 Å². The number of anilines is 2. The van der Waals surface area contributed by atoms with Crippen LogP contribution in [-0.4, -0.2) is 38.4 Å². The summed E-state index contributed by atoms with van der Waals surface area (Å²) in [5.41, 5.74) is 1.88. The molecule has 10 nitrogen and oxygen atoms in total. The first kappa shape index (κ1) is 41.9. The zero-order chi connectivity index (χ0) is 40.0. The number of carbonyl (C=O) groups is 3. The van der Waals surface area contributed by atoms with E-state index in [-0.39, 0.29) is 40.4 Å². The van der Waals surface area contributed by atoms with Gasteiger partial charge in [-0.25, -0.2) is 9.36 Å². The highest BCUT2D eigenvalue weighted by atomic mass is 35.5. The number of rotatable bonds is 16. The minimum absolute atomic E-state index is 0.0446. The van der Waals surface area contributed by atoms with Gasteiger partial charge in [0.1, 0.15) is 5.75 Å². The Balaban J connectivity index is 1.46. The number of halogens is 1. The van der Waals surface area contributed by atoms with E-state index in [4.69, 9.17) is 16.3 Å². The van der Waals surface area contributed by atoms with Crippen LogP contribution in [0.4, 0.5) is 11.4 Å². The van der Waals surface area contributed by atoms with Crippen LogP contribution in [0.2, 0.25) is 5.02 Å². The lowest BCUT2D eigenvalue weighted by Crippen LogP contribution is -2.43. The minimum atomic E-state index is -1.71. The number of nitrogens with zero attached hydrogens (tertiary/aromatic N) is 2. The number of imidazole rings is 1. The molecule has 0 aliphatic carbocycles. The molecule has 1 heterocycles. The van der Waals surface area contributed by atoms with Crippen LogP contribution in [-0.2, 0) is 31.8 Å². The van der Waals surface area contributed by atoms with Crippen LogP contribution >= 0.6 is 11.6 Å². The number of aromatic nitrogens is 2. The van der Waals surface area contributed by atoms with Crippen molar-refractivity contribution in [2.45, 2.75) is 111 Å². The van der Waals surface area contributed by atoms with Crippen molar-refractivity contribution in [2.75, 3.05) is 17.2 Å². The molecular weight excluding hydrogens is 704 g/mol. The molecule has 1 aromatic heterocycles. The first-order valence-corrected chi connectivity index (χ1v) is 18.9. The van der Waals surface area contributed by atoms with Gasteiger partial charge in [-0.15, -0.1) is 0 Å². The zero-order valence-electron chi connectivity index (χ0n) is 33.0. The summed E-state index contributed by atoms with van der Waals surface area (Å²) in [6, 6.07) is 18.5. The number of aromatic hydroxyl groups is 1. The summed E-state index contributed by atoms with van der Waals surface area (Å²) < 4.78 is 8.27. The van der Waals surface area contributed by atoms with Crippen molar-refractivity contribution in [3.05, 3.63) is 105 Å². The quantitative estimate of drug-likeness (QED) is 0.0772. The number of hydrogen-bond donors (Lipinski definition) is 3. The van der Waals surface area contributed by atoms with E-state index in [2.05, 4.69) is 64.3 Å². The molecule has 0 aliphatic heterocycles. The van der Waals surface area contributed by atoms with Gasteiger partial charge in [-0.05, 0) is 65.5 Å². The fourth-order valence-electron chi connectivity index (χ4n) is 5.93. The summed E-state index contributed by atoms with van der Waals surface area (Å²) >= 11 is 6.46. The average molecular weight is 759 g/mol. The van der Waals surface area contributed by atoms with Gasteiger partial charge in [0.25, 0.3) is 5.91 Å². The van der Waals surface area contributed by atoms with Gasteiger partial charge in [0.2, 0.25) is 11.8 Å². The number of ether oxygens (including phenoxy) is 1. The van der Waals surface area contributed by atoms with Crippen LogP contribution in [0.15, 0.2) is 77.7 Å². The predicted molar refractivity (Wildman–Crippen MR) is 216 cm³/mol. The molecular formula is C43H55ClN4O6. The maximum absolute atomic E-state index is 13.9. The van der Waals surface area contributed by atoms with E-state index in [1.165, 1.54) is 28.5 Å². The summed E-state index contributed by atoms with van der Waals surface area (Å²) in [7, 11) is 0. The second-order valence-electron chi connectivity index (χ2n) is 16.1. The molecule has 0 saturated heterocycles. The number of benzene rings is 3. The second kappa shape index (κ2) is 17.1. The third-order valence-electron chi connectivity index (χ3n) is 10.2. The van der Waals surface area contributed by atoms with Crippen LogP contribution in [0.25, 0.3) is 0 Å². The smallest absolute Gasteiger partial charge is 0.332 e. The van der Waals surface area contributed by atoms with E-state index in [0.29, 0.717) is 18.7 Å². The van der Waals surface area contributed by atoms with Crippen molar-refractivity contribution in [3.63, 3.8) is 0 Å².